The zero-order valence-corrected chi connectivity index (χ0v) is 11.6. The lowest BCUT2D eigenvalue weighted by Gasteiger charge is -2.25. The lowest BCUT2D eigenvalue weighted by molar-refractivity contribution is -0.153. The smallest absolute Gasteiger partial charge is 0.313 e. The highest BCUT2D eigenvalue weighted by molar-refractivity contribution is 5.78. The summed E-state index contributed by atoms with van der Waals surface area (Å²) in [6.45, 7) is 2.28. The summed E-state index contributed by atoms with van der Waals surface area (Å²) in [5.74, 6) is 1.43. The van der Waals surface area contributed by atoms with E-state index in [1.807, 2.05) is 12.1 Å². The Morgan fingerprint density at radius 1 is 1.65 bits per heavy atom. The van der Waals surface area contributed by atoms with Crippen LogP contribution in [0.5, 0.6) is 0 Å². The topological polar surface area (TPSA) is 66.5 Å². The molecule has 2 aliphatic rings. The average molecular weight is 274 g/mol. The molecule has 1 aromatic heterocycles. The third-order valence-corrected chi connectivity index (χ3v) is 4.68. The molecule has 0 N–H and O–H groups in total. The van der Waals surface area contributed by atoms with E-state index in [0.717, 1.165) is 38.1 Å². The van der Waals surface area contributed by atoms with Gasteiger partial charge in [0.1, 0.15) is 11.8 Å². The van der Waals surface area contributed by atoms with Crippen LogP contribution < -0.4 is 0 Å². The fourth-order valence-corrected chi connectivity index (χ4v) is 3.79. The Labute approximate surface area is 118 Å². The molecule has 1 aliphatic carbocycles. The minimum absolute atomic E-state index is 0.0698. The van der Waals surface area contributed by atoms with Crippen molar-refractivity contribution in [2.75, 3.05) is 20.2 Å². The number of nitriles is 1. The lowest BCUT2D eigenvalue weighted by atomic mass is 9.81. The number of methoxy groups -OCH3 is 1. The van der Waals surface area contributed by atoms with Crippen molar-refractivity contribution in [1.82, 2.24) is 4.90 Å². The molecule has 3 rings (SSSR count). The van der Waals surface area contributed by atoms with Crippen LogP contribution >= 0.6 is 0 Å². The third kappa shape index (κ3) is 2.01. The fraction of sp³-hybridized carbons (Fsp3) is 0.600. The first kappa shape index (κ1) is 13.2. The first-order valence-electron chi connectivity index (χ1n) is 6.97. The molecule has 2 fully saturated rings. The van der Waals surface area contributed by atoms with Crippen LogP contribution in [0.2, 0.25) is 0 Å². The van der Waals surface area contributed by atoms with E-state index in [9.17, 15) is 4.79 Å². The molecule has 0 bridgehead atoms. The summed E-state index contributed by atoms with van der Waals surface area (Å²) < 4.78 is 10.4. The van der Waals surface area contributed by atoms with Gasteiger partial charge < -0.3 is 9.15 Å². The van der Waals surface area contributed by atoms with Crippen LogP contribution in [-0.2, 0) is 16.1 Å². The van der Waals surface area contributed by atoms with E-state index in [0.29, 0.717) is 18.2 Å². The predicted molar refractivity (Wildman–Crippen MR) is 70.5 cm³/mol. The third-order valence-electron chi connectivity index (χ3n) is 4.68. The molecule has 2 heterocycles. The molecular weight excluding hydrogens is 256 g/mol. The molecular formula is C15H18N2O3. The Balaban J connectivity index is 1.72. The lowest BCUT2D eigenvalue weighted by Crippen LogP contribution is -2.36. The molecule has 1 aromatic rings. The van der Waals surface area contributed by atoms with Gasteiger partial charge in [0.2, 0.25) is 5.76 Å². The summed E-state index contributed by atoms with van der Waals surface area (Å²) in [4.78, 5) is 14.4. The van der Waals surface area contributed by atoms with Crippen molar-refractivity contribution < 1.29 is 13.9 Å². The molecule has 0 amide bonds. The first-order chi connectivity index (χ1) is 9.68. The molecule has 106 valence electrons. The largest absolute Gasteiger partial charge is 0.469 e. The van der Waals surface area contributed by atoms with E-state index in [4.69, 9.17) is 14.4 Å². The highest BCUT2D eigenvalue weighted by atomic mass is 16.5. The summed E-state index contributed by atoms with van der Waals surface area (Å²) in [6, 6.07) is 5.50. The van der Waals surface area contributed by atoms with Gasteiger partial charge in [-0.2, -0.15) is 5.26 Å². The molecule has 0 aromatic carbocycles. The highest BCUT2D eigenvalue weighted by Crippen LogP contribution is 2.49. The number of fused-ring (bicyclic) bond motifs is 1. The van der Waals surface area contributed by atoms with E-state index in [2.05, 4.69) is 4.90 Å². The monoisotopic (exact) mass is 274 g/mol. The van der Waals surface area contributed by atoms with E-state index in [1.54, 1.807) is 6.07 Å². The molecule has 1 saturated heterocycles. The maximum absolute atomic E-state index is 12.2. The van der Waals surface area contributed by atoms with Gasteiger partial charge in [-0.3, -0.25) is 9.69 Å². The quantitative estimate of drug-likeness (QED) is 0.788. The zero-order chi connectivity index (χ0) is 14.2. The minimum atomic E-state index is -0.320. The van der Waals surface area contributed by atoms with Gasteiger partial charge >= 0.3 is 5.97 Å². The Morgan fingerprint density at radius 3 is 3.20 bits per heavy atom. The van der Waals surface area contributed by atoms with Gasteiger partial charge in [-0.1, -0.05) is 6.42 Å². The molecule has 1 aliphatic heterocycles. The van der Waals surface area contributed by atoms with Crippen LogP contribution in [0.3, 0.4) is 0 Å². The molecule has 2 atom stereocenters. The molecule has 0 unspecified atom stereocenters. The van der Waals surface area contributed by atoms with Gasteiger partial charge in [-0.05, 0) is 30.9 Å². The number of likely N-dealkylation sites (tertiary alicyclic amines) is 1. The van der Waals surface area contributed by atoms with Crippen LogP contribution in [0, 0.1) is 22.7 Å². The van der Waals surface area contributed by atoms with Crippen molar-refractivity contribution in [1.29, 1.82) is 5.26 Å². The van der Waals surface area contributed by atoms with Gasteiger partial charge in [0, 0.05) is 13.1 Å². The summed E-state index contributed by atoms with van der Waals surface area (Å²) in [7, 11) is 1.47. The van der Waals surface area contributed by atoms with Gasteiger partial charge in [-0.15, -0.1) is 0 Å². The zero-order valence-electron chi connectivity index (χ0n) is 11.6. The van der Waals surface area contributed by atoms with Crippen LogP contribution in [0.25, 0.3) is 0 Å². The summed E-state index contributed by atoms with van der Waals surface area (Å²) in [6.07, 6.45) is 3.11. The van der Waals surface area contributed by atoms with Crippen molar-refractivity contribution >= 4 is 5.97 Å². The Morgan fingerprint density at radius 2 is 2.50 bits per heavy atom. The maximum Gasteiger partial charge on any atom is 0.313 e. The van der Waals surface area contributed by atoms with Crippen LogP contribution in [-0.4, -0.2) is 31.1 Å². The van der Waals surface area contributed by atoms with Gasteiger partial charge in [0.25, 0.3) is 0 Å². The molecule has 5 heteroatoms. The number of hydrogen-bond acceptors (Lipinski definition) is 5. The number of rotatable bonds is 3. The molecule has 0 radical (unpaired) electrons. The normalized spacial score (nSPS) is 29.1. The van der Waals surface area contributed by atoms with Crippen LogP contribution in [0.1, 0.15) is 30.8 Å². The van der Waals surface area contributed by atoms with Crippen molar-refractivity contribution in [3.63, 3.8) is 0 Å². The number of esters is 1. The fourth-order valence-electron chi connectivity index (χ4n) is 3.79. The number of furan rings is 1. The number of nitrogens with zero attached hydrogens (tertiary/aromatic N) is 2. The maximum atomic E-state index is 12.2. The minimum Gasteiger partial charge on any atom is -0.469 e. The second-order valence-corrected chi connectivity index (χ2v) is 5.78. The number of hydrogen-bond donors (Lipinski definition) is 0. The number of ether oxygens (including phenoxy) is 1. The van der Waals surface area contributed by atoms with Crippen LogP contribution in [0.15, 0.2) is 16.5 Å². The first-order valence-corrected chi connectivity index (χ1v) is 6.97. The SMILES string of the molecule is COC(=O)[C@@]12CCC[C@@H]1CN(Cc1ccc(C#N)o1)C2. The number of carbonyl (C=O) groups is 1. The van der Waals surface area contributed by atoms with Gasteiger partial charge in [0.05, 0.1) is 19.1 Å². The van der Waals surface area contributed by atoms with Crippen molar-refractivity contribution in [3.05, 3.63) is 23.7 Å². The van der Waals surface area contributed by atoms with E-state index in [1.165, 1.54) is 7.11 Å². The van der Waals surface area contributed by atoms with Crippen molar-refractivity contribution in [3.8, 4) is 6.07 Å². The van der Waals surface area contributed by atoms with E-state index < -0.39 is 0 Å². The van der Waals surface area contributed by atoms with Crippen molar-refractivity contribution in [2.24, 2.45) is 11.3 Å². The molecule has 5 nitrogen and oxygen atoms in total. The van der Waals surface area contributed by atoms with Crippen LogP contribution in [0.4, 0.5) is 0 Å². The number of carbonyl (C=O) groups excluding carboxylic acids is 1. The second-order valence-electron chi connectivity index (χ2n) is 5.78. The van der Waals surface area contributed by atoms with Crippen molar-refractivity contribution in [2.45, 2.75) is 25.8 Å². The Hall–Kier alpha value is -1.80. The van der Waals surface area contributed by atoms with E-state index in [-0.39, 0.29) is 11.4 Å². The Bertz CT molecular complexity index is 560. The second kappa shape index (κ2) is 4.95. The summed E-state index contributed by atoms with van der Waals surface area (Å²) >= 11 is 0. The molecule has 20 heavy (non-hydrogen) atoms. The summed E-state index contributed by atoms with van der Waals surface area (Å²) in [5.41, 5.74) is -0.320. The van der Waals surface area contributed by atoms with E-state index >= 15 is 0 Å². The molecule has 1 saturated carbocycles. The van der Waals surface area contributed by atoms with Gasteiger partial charge in [-0.25, -0.2) is 0 Å². The summed E-state index contributed by atoms with van der Waals surface area (Å²) in [5, 5.41) is 8.77. The molecule has 0 spiro atoms. The highest BCUT2D eigenvalue weighted by Gasteiger charge is 2.55. The standard InChI is InChI=1S/C15H18N2O3/c1-19-14(18)15-6-2-3-11(15)8-17(10-15)9-13-5-4-12(7-16)20-13/h4-5,11H,2-3,6,8-10H2,1H3/t11-,15-/m1/s1. The predicted octanol–water partition coefficient (Wildman–Crippen LogP) is 1.93. The Kier molecular flexibility index (Phi) is 3.27. The average Bonchev–Trinajstić information content (AvgIpc) is 3.11. The van der Waals surface area contributed by atoms with Gasteiger partial charge in [0.15, 0.2) is 0 Å².